The van der Waals surface area contributed by atoms with Crippen molar-refractivity contribution in [3.05, 3.63) is 23.8 Å². The molecule has 0 atom stereocenters. The minimum Gasteiger partial charge on any atom is -0.482 e. The number of ether oxygens (including phenoxy) is 1. The molecule has 5 heteroatoms. The van der Waals surface area contributed by atoms with Crippen molar-refractivity contribution in [1.82, 2.24) is 5.32 Å². The molecular formula is C11H13N3O2. The Hall–Kier alpha value is -2.22. The maximum absolute atomic E-state index is 11.1. The lowest BCUT2D eigenvalue weighted by atomic mass is 10.2. The summed E-state index contributed by atoms with van der Waals surface area (Å²) in [5.74, 6) is 0.145. The molecule has 0 heterocycles. The van der Waals surface area contributed by atoms with Crippen LogP contribution in [0.1, 0.15) is 12.5 Å². The number of carbonyl (C=O) groups excluding carboxylic acids is 1. The van der Waals surface area contributed by atoms with Gasteiger partial charge in [-0.25, -0.2) is 0 Å². The fourth-order valence-corrected chi connectivity index (χ4v) is 1.15. The summed E-state index contributed by atoms with van der Waals surface area (Å²) < 4.78 is 5.21. The highest BCUT2D eigenvalue weighted by Crippen LogP contribution is 2.20. The molecule has 1 rings (SSSR count). The fourth-order valence-electron chi connectivity index (χ4n) is 1.15. The second-order valence-corrected chi connectivity index (χ2v) is 3.11. The summed E-state index contributed by atoms with van der Waals surface area (Å²) in [6, 6.07) is 6.66. The first-order chi connectivity index (χ1) is 7.67. The lowest BCUT2D eigenvalue weighted by Gasteiger charge is -2.07. The van der Waals surface area contributed by atoms with E-state index in [9.17, 15) is 4.79 Å². The number of hydrogen-bond acceptors (Lipinski definition) is 4. The third-order valence-corrected chi connectivity index (χ3v) is 1.86. The first-order valence-electron chi connectivity index (χ1n) is 4.86. The molecule has 0 spiro atoms. The van der Waals surface area contributed by atoms with E-state index in [1.807, 2.05) is 13.0 Å². The molecule has 0 aliphatic rings. The standard InChI is InChI=1S/C11H13N3O2/c1-2-14-11(15)7-16-10-4-3-9(13)5-8(10)6-12/h3-5H,2,7,13H2,1H3,(H,14,15). The van der Waals surface area contributed by atoms with Crippen LogP contribution in [-0.2, 0) is 4.79 Å². The lowest BCUT2D eigenvalue weighted by Crippen LogP contribution is -2.28. The zero-order valence-corrected chi connectivity index (χ0v) is 8.99. The molecule has 0 bridgehead atoms. The molecule has 0 unspecified atom stereocenters. The van der Waals surface area contributed by atoms with Gasteiger partial charge >= 0.3 is 0 Å². The molecule has 1 aromatic carbocycles. The van der Waals surface area contributed by atoms with E-state index < -0.39 is 0 Å². The molecular weight excluding hydrogens is 206 g/mol. The summed E-state index contributed by atoms with van der Waals surface area (Å²) >= 11 is 0. The average molecular weight is 219 g/mol. The Morgan fingerprint density at radius 3 is 3.00 bits per heavy atom. The topological polar surface area (TPSA) is 88.1 Å². The number of nitrogen functional groups attached to an aromatic ring is 1. The van der Waals surface area contributed by atoms with Gasteiger partial charge in [0.1, 0.15) is 11.8 Å². The van der Waals surface area contributed by atoms with E-state index in [2.05, 4.69) is 5.32 Å². The van der Waals surface area contributed by atoms with Crippen LogP contribution in [0, 0.1) is 11.3 Å². The molecule has 84 valence electrons. The van der Waals surface area contributed by atoms with E-state index in [0.717, 1.165) is 0 Å². The minimum absolute atomic E-state index is 0.105. The molecule has 0 aliphatic carbocycles. The highest BCUT2D eigenvalue weighted by Gasteiger charge is 2.06. The zero-order chi connectivity index (χ0) is 12.0. The van der Waals surface area contributed by atoms with Crippen LogP contribution in [0.3, 0.4) is 0 Å². The molecule has 3 N–H and O–H groups in total. The lowest BCUT2D eigenvalue weighted by molar-refractivity contribution is -0.122. The molecule has 1 aromatic rings. The van der Waals surface area contributed by atoms with Crippen LogP contribution in [0.4, 0.5) is 5.69 Å². The van der Waals surface area contributed by atoms with E-state index in [4.69, 9.17) is 15.7 Å². The van der Waals surface area contributed by atoms with Gasteiger partial charge < -0.3 is 15.8 Å². The first kappa shape index (κ1) is 11.9. The van der Waals surface area contributed by atoms with Gasteiger partial charge in [0.05, 0.1) is 5.56 Å². The fraction of sp³-hybridized carbons (Fsp3) is 0.273. The highest BCUT2D eigenvalue weighted by atomic mass is 16.5. The molecule has 0 saturated heterocycles. The van der Waals surface area contributed by atoms with Crippen molar-refractivity contribution in [1.29, 1.82) is 5.26 Å². The van der Waals surface area contributed by atoms with Crippen molar-refractivity contribution in [3.8, 4) is 11.8 Å². The van der Waals surface area contributed by atoms with Gasteiger partial charge in [0.25, 0.3) is 5.91 Å². The van der Waals surface area contributed by atoms with Crippen LogP contribution in [0.25, 0.3) is 0 Å². The van der Waals surface area contributed by atoms with E-state index >= 15 is 0 Å². The SMILES string of the molecule is CCNC(=O)COc1ccc(N)cc1C#N. The van der Waals surface area contributed by atoms with Crippen LogP contribution in [0.2, 0.25) is 0 Å². The minimum atomic E-state index is -0.219. The molecule has 5 nitrogen and oxygen atoms in total. The Labute approximate surface area is 93.8 Å². The number of nitrogens with zero attached hydrogens (tertiary/aromatic N) is 1. The van der Waals surface area contributed by atoms with Crippen LogP contribution < -0.4 is 15.8 Å². The van der Waals surface area contributed by atoms with Crippen molar-refractivity contribution in [2.75, 3.05) is 18.9 Å². The summed E-state index contributed by atoms with van der Waals surface area (Å²) in [6.07, 6.45) is 0. The monoisotopic (exact) mass is 219 g/mol. The van der Waals surface area contributed by atoms with Crippen molar-refractivity contribution in [2.45, 2.75) is 6.92 Å². The van der Waals surface area contributed by atoms with Crippen molar-refractivity contribution < 1.29 is 9.53 Å². The van der Waals surface area contributed by atoms with Crippen LogP contribution in [-0.4, -0.2) is 19.1 Å². The van der Waals surface area contributed by atoms with E-state index in [-0.39, 0.29) is 12.5 Å². The van der Waals surface area contributed by atoms with E-state index in [1.54, 1.807) is 12.1 Å². The number of rotatable bonds is 4. The van der Waals surface area contributed by atoms with Gasteiger partial charge in [0, 0.05) is 12.2 Å². The number of nitriles is 1. The van der Waals surface area contributed by atoms with Crippen LogP contribution >= 0.6 is 0 Å². The summed E-state index contributed by atoms with van der Waals surface area (Å²) in [7, 11) is 0. The molecule has 0 aromatic heterocycles. The van der Waals surface area contributed by atoms with Crippen LogP contribution in [0.5, 0.6) is 5.75 Å². The van der Waals surface area contributed by atoms with Gasteiger partial charge in [0.2, 0.25) is 0 Å². The van der Waals surface area contributed by atoms with Gasteiger partial charge in [-0.1, -0.05) is 0 Å². The normalized spacial score (nSPS) is 9.25. The number of anilines is 1. The maximum Gasteiger partial charge on any atom is 0.257 e. The third kappa shape index (κ3) is 3.17. The van der Waals surface area contributed by atoms with Gasteiger partial charge in [0.15, 0.2) is 6.61 Å². The first-order valence-corrected chi connectivity index (χ1v) is 4.86. The molecule has 1 amide bonds. The Balaban J connectivity index is 2.67. The van der Waals surface area contributed by atoms with Crippen molar-refractivity contribution >= 4 is 11.6 Å². The Morgan fingerprint density at radius 2 is 2.38 bits per heavy atom. The zero-order valence-electron chi connectivity index (χ0n) is 8.99. The van der Waals surface area contributed by atoms with Gasteiger partial charge in [-0.05, 0) is 25.1 Å². The smallest absolute Gasteiger partial charge is 0.257 e. The van der Waals surface area contributed by atoms with E-state index in [0.29, 0.717) is 23.5 Å². The highest BCUT2D eigenvalue weighted by molar-refractivity contribution is 5.77. The Bertz CT molecular complexity index is 424. The van der Waals surface area contributed by atoms with E-state index in [1.165, 1.54) is 6.07 Å². The van der Waals surface area contributed by atoms with Crippen molar-refractivity contribution in [2.24, 2.45) is 0 Å². The molecule has 0 saturated carbocycles. The quantitative estimate of drug-likeness (QED) is 0.728. The molecule has 16 heavy (non-hydrogen) atoms. The Morgan fingerprint density at radius 1 is 1.62 bits per heavy atom. The third-order valence-electron chi connectivity index (χ3n) is 1.86. The number of likely N-dealkylation sites (N-methyl/N-ethyl adjacent to an activating group) is 1. The summed E-state index contributed by atoms with van der Waals surface area (Å²) in [5.41, 5.74) is 6.33. The molecule has 0 radical (unpaired) electrons. The summed E-state index contributed by atoms with van der Waals surface area (Å²) in [6.45, 7) is 2.27. The van der Waals surface area contributed by atoms with Crippen molar-refractivity contribution in [3.63, 3.8) is 0 Å². The van der Waals surface area contributed by atoms with Crippen LogP contribution in [0.15, 0.2) is 18.2 Å². The number of carbonyl (C=O) groups is 1. The number of nitrogens with one attached hydrogen (secondary N) is 1. The number of benzene rings is 1. The van der Waals surface area contributed by atoms with Gasteiger partial charge in [-0.2, -0.15) is 5.26 Å². The van der Waals surface area contributed by atoms with Gasteiger partial charge in [-0.3, -0.25) is 4.79 Å². The second-order valence-electron chi connectivity index (χ2n) is 3.11. The average Bonchev–Trinajstić information content (AvgIpc) is 2.27. The Kier molecular flexibility index (Phi) is 4.16. The predicted octanol–water partition coefficient (Wildman–Crippen LogP) is 0.655. The second kappa shape index (κ2) is 5.61. The summed E-state index contributed by atoms with van der Waals surface area (Å²) in [4.78, 5) is 11.1. The number of nitrogens with two attached hydrogens (primary N) is 1. The number of hydrogen-bond donors (Lipinski definition) is 2. The molecule has 0 fully saturated rings. The number of amides is 1. The predicted molar refractivity (Wildman–Crippen MR) is 59.7 cm³/mol. The van der Waals surface area contributed by atoms with Gasteiger partial charge in [-0.15, -0.1) is 0 Å². The summed E-state index contributed by atoms with van der Waals surface area (Å²) in [5, 5.41) is 11.4. The molecule has 0 aliphatic heterocycles. The maximum atomic E-state index is 11.1. The largest absolute Gasteiger partial charge is 0.482 e.